The van der Waals surface area contributed by atoms with E-state index in [9.17, 15) is 10.2 Å². The zero-order valence-corrected chi connectivity index (χ0v) is 13.1. The van der Waals surface area contributed by atoms with Crippen LogP contribution in [0.2, 0.25) is 0 Å². The topological polar surface area (TPSA) is 100 Å². The largest absolute Gasteiger partial charge is 0.389 e. The maximum Gasteiger partial charge on any atom is 0.121 e. The standard InChI is InChI=1S/C14H21NO6S/c1-8-9(2)19-14(12(16)10-6-4-3-5-7-10)13(17)11(8)15-22-21-20-18/h3-9,11-18H,1-2H3/t8?,9?,11?,12-,13?,14?/m0/s1. The lowest BCUT2D eigenvalue weighted by Crippen LogP contribution is -2.58. The van der Waals surface area contributed by atoms with Crippen molar-refractivity contribution in [2.45, 2.75) is 44.3 Å². The van der Waals surface area contributed by atoms with Crippen molar-refractivity contribution >= 4 is 12.2 Å². The predicted molar refractivity (Wildman–Crippen MR) is 80.2 cm³/mol. The molecule has 0 amide bonds. The van der Waals surface area contributed by atoms with Crippen molar-refractivity contribution in [1.82, 2.24) is 4.72 Å². The van der Waals surface area contributed by atoms with Crippen molar-refractivity contribution in [3.05, 3.63) is 35.9 Å². The summed E-state index contributed by atoms with van der Waals surface area (Å²) in [6.45, 7) is 3.79. The minimum atomic E-state index is -0.962. The van der Waals surface area contributed by atoms with Crippen molar-refractivity contribution < 1.29 is 29.6 Å². The summed E-state index contributed by atoms with van der Waals surface area (Å²) >= 11 is 0.659. The molecule has 2 rings (SSSR count). The van der Waals surface area contributed by atoms with Gasteiger partial charge in [-0.3, -0.25) is 0 Å². The Morgan fingerprint density at radius 3 is 2.59 bits per heavy atom. The number of aliphatic hydroxyl groups excluding tert-OH is 2. The van der Waals surface area contributed by atoms with E-state index < -0.39 is 24.4 Å². The van der Waals surface area contributed by atoms with E-state index in [-0.39, 0.29) is 12.0 Å². The quantitative estimate of drug-likeness (QED) is 0.204. The highest BCUT2D eigenvalue weighted by Gasteiger charge is 2.44. The first-order valence-corrected chi connectivity index (χ1v) is 7.76. The Bertz CT molecular complexity index is 450. The summed E-state index contributed by atoms with van der Waals surface area (Å²) in [7, 11) is 0. The van der Waals surface area contributed by atoms with Crippen LogP contribution in [0.15, 0.2) is 30.3 Å². The average molecular weight is 331 g/mol. The van der Waals surface area contributed by atoms with Crippen LogP contribution in [0.25, 0.3) is 0 Å². The molecule has 1 heterocycles. The summed E-state index contributed by atoms with van der Waals surface area (Å²) in [6, 6.07) is 8.64. The van der Waals surface area contributed by atoms with E-state index in [1.165, 1.54) is 0 Å². The molecule has 22 heavy (non-hydrogen) atoms. The molecule has 0 spiro atoms. The molecule has 1 saturated heterocycles. The predicted octanol–water partition coefficient (Wildman–Crippen LogP) is 1.45. The summed E-state index contributed by atoms with van der Waals surface area (Å²) in [5.74, 6) is -0.0379. The average Bonchev–Trinajstić information content (AvgIpc) is 2.54. The smallest absolute Gasteiger partial charge is 0.121 e. The summed E-state index contributed by atoms with van der Waals surface area (Å²) in [6.07, 6.45) is -2.87. The highest BCUT2D eigenvalue weighted by atomic mass is 32.2. The SMILES string of the molecule is CC1OC([C@@H](O)c2ccccc2)C(O)C(NSOOO)C1C. The number of hydrogen-bond acceptors (Lipinski definition) is 8. The van der Waals surface area contributed by atoms with Crippen LogP contribution in [0, 0.1) is 5.92 Å². The van der Waals surface area contributed by atoms with Gasteiger partial charge in [0.05, 0.1) is 18.2 Å². The first-order chi connectivity index (χ1) is 10.6. The number of hydrogen-bond donors (Lipinski definition) is 4. The lowest BCUT2D eigenvalue weighted by atomic mass is 9.84. The van der Waals surface area contributed by atoms with E-state index in [1.807, 2.05) is 32.0 Å². The Morgan fingerprint density at radius 1 is 1.27 bits per heavy atom. The second-order valence-electron chi connectivity index (χ2n) is 5.38. The van der Waals surface area contributed by atoms with Crippen LogP contribution < -0.4 is 4.72 Å². The molecule has 5 unspecified atom stereocenters. The molecule has 1 aliphatic heterocycles. The maximum atomic E-state index is 10.5. The molecule has 8 heteroatoms. The molecule has 0 bridgehead atoms. The van der Waals surface area contributed by atoms with Gasteiger partial charge in [-0.05, 0) is 12.5 Å². The number of benzene rings is 1. The van der Waals surface area contributed by atoms with Crippen LogP contribution in [0.4, 0.5) is 0 Å². The fourth-order valence-electron chi connectivity index (χ4n) is 2.63. The fraction of sp³-hybridized carbons (Fsp3) is 0.571. The van der Waals surface area contributed by atoms with Crippen molar-refractivity contribution in [3.63, 3.8) is 0 Å². The van der Waals surface area contributed by atoms with Gasteiger partial charge in [0, 0.05) is 5.92 Å². The second kappa shape index (κ2) is 8.23. The molecule has 0 radical (unpaired) electrons. The zero-order chi connectivity index (χ0) is 16.1. The molecule has 1 fully saturated rings. The monoisotopic (exact) mass is 331 g/mol. The minimum Gasteiger partial charge on any atom is -0.389 e. The number of rotatable bonds is 6. The van der Waals surface area contributed by atoms with Crippen LogP contribution in [0.3, 0.4) is 0 Å². The van der Waals surface area contributed by atoms with Gasteiger partial charge in [-0.15, -0.1) is 4.33 Å². The van der Waals surface area contributed by atoms with Crippen LogP contribution >= 0.6 is 12.2 Å². The van der Waals surface area contributed by atoms with Crippen molar-refractivity contribution in [2.75, 3.05) is 0 Å². The van der Waals surface area contributed by atoms with Gasteiger partial charge >= 0.3 is 0 Å². The molecule has 0 aromatic heterocycles. The lowest BCUT2D eigenvalue weighted by molar-refractivity contribution is -0.432. The number of nitrogens with one attached hydrogen (secondary N) is 1. The van der Waals surface area contributed by atoms with Gasteiger partial charge in [0.15, 0.2) is 0 Å². The Kier molecular flexibility index (Phi) is 6.60. The van der Waals surface area contributed by atoms with Crippen LogP contribution in [-0.2, 0) is 14.1 Å². The van der Waals surface area contributed by atoms with Gasteiger partial charge in [-0.2, -0.15) is 0 Å². The highest BCUT2D eigenvalue weighted by Crippen LogP contribution is 2.33. The molecule has 6 atom stereocenters. The Hall–Kier alpha value is -0.710. The molecule has 124 valence electrons. The van der Waals surface area contributed by atoms with Gasteiger partial charge in [0.2, 0.25) is 0 Å². The van der Waals surface area contributed by atoms with Gasteiger partial charge in [0.1, 0.15) is 24.4 Å². The lowest BCUT2D eigenvalue weighted by Gasteiger charge is -2.44. The summed E-state index contributed by atoms with van der Waals surface area (Å²) in [5.41, 5.74) is 0.676. The molecule has 1 aromatic carbocycles. The summed E-state index contributed by atoms with van der Waals surface area (Å²) in [5, 5.41) is 32.7. The van der Waals surface area contributed by atoms with Crippen molar-refractivity contribution in [3.8, 4) is 0 Å². The number of aliphatic hydroxyl groups is 2. The molecule has 4 N–H and O–H groups in total. The molecule has 7 nitrogen and oxygen atoms in total. The third-order valence-corrected chi connectivity index (χ3v) is 4.58. The van der Waals surface area contributed by atoms with E-state index in [2.05, 4.69) is 14.1 Å². The second-order valence-corrected chi connectivity index (χ2v) is 5.92. The fourth-order valence-corrected chi connectivity index (χ4v) is 3.16. The summed E-state index contributed by atoms with van der Waals surface area (Å²) in [4.78, 5) is 0. The molecule has 1 aromatic rings. The van der Waals surface area contributed by atoms with Gasteiger partial charge in [0.25, 0.3) is 0 Å². The van der Waals surface area contributed by atoms with E-state index in [0.717, 1.165) is 0 Å². The zero-order valence-electron chi connectivity index (χ0n) is 12.3. The van der Waals surface area contributed by atoms with E-state index in [4.69, 9.17) is 9.99 Å². The first kappa shape index (κ1) is 17.6. The maximum absolute atomic E-state index is 10.5. The van der Waals surface area contributed by atoms with Crippen molar-refractivity contribution in [1.29, 1.82) is 0 Å². The van der Waals surface area contributed by atoms with Gasteiger partial charge < -0.3 is 14.9 Å². The molecule has 0 aliphatic carbocycles. The van der Waals surface area contributed by atoms with E-state index in [0.29, 0.717) is 17.8 Å². The van der Waals surface area contributed by atoms with Crippen LogP contribution in [-0.4, -0.2) is 39.8 Å². The van der Waals surface area contributed by atoms with E-state index >= 15 is 0 Å². The van der Waals surface area contributed by atoms with Crippen molar-refractivity contribution in [2.24, 2.45) is 5.92 Å². The Balaban J connectivity index is 2.10. The third-order valence-electron chi connectivity index (χ3n) is 4.08. The van der Waals surface area contributed by atoms with E-state index in [1.54, 1.807) is 12.1 Å². The summed E-state index contributed by atoms with van der Waals surface area (Å²) < 4.78 is 12.9. The van der Waals surface area contributed by atoms with Gasteiger partial charge in [-0.1, -0.05) is 42.3 Å². The normalized spacial score (nSPS) is 33.6. The first-order valence-electron chi connectivity index (χ1n) is 7.02. The molecular formula is C14H21NO6S. The molecular weight excluding hydrogens is 310 g/mol. The van der Waals surface area contributed by atoms with Gasteiger partial charge in [-0.25, -0.2) is 9.98 Å². The minimum absolute atomic E-state index is 0.0379. The molecule has 1 aliphatic rings. The van der Waals surface area contributed by atoms with Crippen LogP contribution in [0.5, 0.6) is 0 Å². The highest BCUT2D eigenvalue weighted by molar-refractivity contribution is 7.92. The Labute approximate surface area is 133 Å². The Morgan fingerprint density at radius 2 is 1.95 bits per heavy atom. The third kappa shape index (κ3) is 3.98. The molecule has 0 saturated carbocycles. The number of ether oxygens (including phenoxy) is 1. The van der Waals surface area contributed by atoms with Crippen LogP contribution in [0.1, 0.15) is 25.5 Å².